The number of nitrogens with one attached hydrogen (secondary N) is 1. The van der Waals surface area contributed by atoms with Gasteiger partial charge >= 0.3 is 0 Å². The predicted octanol–water partition coefficient (Wildman–Crippen LogP) is 1.05. The molecular formula is C12H19N3OS. The second-order valence-corrected chi connectivity index (χ2v) is 5.70. The highest BCUT2D eigenvalue weighted by atomic mass is 32.1. The molecule has 1 aromatic heterocycles. The Kier molecular flexibility index (Phi) is 3.71. The Labute approximate surface area is 106 Å². The van der Waals surface area contributed by atoms with Gasteiger partial charge in [0.2, 0.25) is 0 Å². The summed E-state index contributed by atoms with van der Waals surface area (Å²) in [5.41, 5.74) is 1.25. The zero-order valence-electron chi connectivity index (χ0n) is 10.0. The molecule has 3 heterocycles. The molecule has 1 aromatic rings. The van der Waals surface area contributed by atoms with Crippen LogP contribution in [0.2, 0.25) is 0 Å². The molecule has 0 spiro atoms. The lowest BCUT2D eigenvalue weighted by molar-refractivity contribution is 0.193. The minimum Gasteiger partial charge on any atom is -0.381 e. The van der Waals surface area contributed by atoms with E-state index in [0.717, 1.165) is 52.4 Å². The Morgan fingerprint density at radius 2 is 2.35 bits per heavy atom. The predicted molar refractivity (Wildman–Crippen MR) is 68.4 cm³/mol. The van der Waals surface area contributed by atoms with Crippen molar-refractivity contribution < 1.29 is 4.74 Å². The van der Waals surface area contributed by atoms with E-state index >= 15 is 0 Å². The summed E-state index contributed by atoms with van der Waals surface area (Å²) in [6, 6.07) is 0. The zero-order chi connectivity index (χ0) is 11.5. The monoisotopic (exact) mass is 253 g/mol. The molecule has 0 bridgehead atoms. The maximum atomic E-state index is 5.42. The van der Waals surface area contributed by atoms with Gasteiger partial charge in [-0.3, -0.25) is 4.90 Å². The van der Waals surface area contributed by atoms with Crippen molar-refractivity contribution in [1.82, 2.24) is 15.2 Å². The van der Waals surface area contributed by atoms with E-state index in [2.05, 4.69) is 15.6 Å². The Bertz CT molecular complexity index is 356. The first-order valence-electron chi connectivity index (χ1n) is 6.37. The fourth-order valence-electron chi connectivity index (χ4n) is 2.41. The highest BCUT2D eigenvalue weighted by molar-refractivity contribution is 7.09. The summed E-state index contributed by atoms with van der Waals surface area (Å²) in [6.45, 7) is 7.26. The Morgan fingerprint density at radius 1 is 1.47 bits per heavy atom. The quantitative estimate of drug-likeness (QED) is 0.874. The summed E-state index contributed by atoms with van der Waals surface area (Å²) in [7, 11) is 0. The van der Waals surface area contributed by atoms with Crippen LogP contribution < -0.4 is 5.32 Å². The lowest BCUT2D eigenvalue weighted by Gasteiger charge is -2.26. The van der Waals surface area contributed by atoms with Gasteiger partial charge < -0.3 is 10.1 Å². The molecule has 0 saturated carbocycles. The highest BCUT2D eigenvalue weighted by Gasteiger charge is 2.21. The first kappa shape index (κ1) is 11.6. The van der Waals surface area contributed by atoms with E-state index in [9.17, 15) is 0 Å². The molecule has 3 rings (SSSR count). The molecule has 1 unspecified atom stereocenters. The van der Waals surface area contributed by atoms with Crippen molar-refractivity contribution in [1.29, 1.82) is 0 Å². The van der Waals surface area contributed by atoms with Crippen molar-refractivity contribution in [3.8, 4) is 0 Å². The molecule has 5 heteroatoms. The third-order valence-electron chi connectivity index (χ3n) is 3.49. The van der Waals surface area contributed by atoms with Crippen molar-refractivity contribution in [2.45, 2.75) is 18.9 Å². The molecule has 1 atom stereocenters. The molecule has 0 amide bonds. The molecule has 2 aliphatic rings. The van der Waals surface area contributed by atoms with Crippen molar-refractivity contribution >= 4 is 11.3 Å². The Balaban J connectivity index is 1.59. The van der Waals surface area contributed by atoms with Crippen molar-refractivity contribution in [3.05, 3.63) is 16.1 Å². The minimum absolute atomic E-state index is 0.544. The van der Waals surface area contributed by atoms with Crippen molar-refractivity contribution in [2.75, 3.05) is 39.4 Å². The van der Waals surface area contributed by atoms with Crippen LogP contribution in [0, 0.1) is 0 Å². The number of nitrogens with zero attached hydrogens (tertiary/aromatic N) is 2. The number of hydrogen-bond acceptors (Lipinski definition) is 5. The van der Waals surface area contributed by atoms with Gasteiger partial charge in [-0.15, -0.1) is 11.3 Å². The average Bonchev–Trinajstić information content (AvgIpc) is 3.00. The second kappa shape index (κ2) is 5.44. The molecule has 2 fully saturated rings. The van der Waals surface area contributed by atoms with Gasteiger partial charge in [0.05, 0.1) is 18.8 Å². The van der Waals surface area contributed by atoms with Gasteiger partial charge in [-0.1, -0.05) is 0 Å². The number of aromatic nitrogens is 1. The minimum atomic E-state index is 0.544. The lowest BCUT2D eigenvalue weighted by atomic mass is 10.1. The second-order valence-electron chi connectivity index (χ2n) is 4.75. The van der Waals surface area contributed by atoms with E-state index in [4.69, 9.17) is 9.72 Å². The molecule has 94 valence electrons. The lowest BCUT2D eigenvalue weighted by Crippen LogP contribution is -2.42. The fraction of sp³-hybridized carbons (Fsp3) is 0.750. The topological polar surface area (TPSA) is 37.4 Å². The van der Waals surface area contributed by atoms with Gasteiger partial charge in [0.15, 0.2) is 0 Å². The Morgan fingerprint density at radius 3 is 3.12 bits per heavy atom. The molecule has 0 aliphatic carbocycles. The third-order valence-corrected chi connectivity index (χ3v) is 4.34. The van der Waals surface area contributed by atoms with Crippen LogP contribution in [0.15, 0.2) is 5.38 Å². The van der Waals surface area contributed by atoms with Gasteiger partial charge in [-0.25, -0.2) is 4.98 Å². The van der Waals surface area contributed by atoms with Gasteiger partial charge in [-0.2, -0.15) is 0 Å². The van der Waals surface area contributed by atoms with Gasteiger partial charge in [0, 0.05) is 44.1 Å². The molecule has 0 radical (unpaired) electrons. The molecule has 2 aliphatic heterocycles. The van der Waals surface area contributed by atoms with Crippen LogP contribution in [0.4, 0.5) is 0 Å². The van der Waals surface area contributed by atoms with Crippen LogP contribution >= 0.6 is 11.3 Å². The van der Waals surface area contributed by atoms with E-state index in [0.29, 0.717) is 5.92 Å². The van der Waals surface area contributed by atoms with Crippen LogP contribution in [0.1, 0.15) is 23.0 Å². The van der Waals surface area contributed by atoms with Gasteiger partial charge in [-0.05, 0) is 6.42 Å². The normalized spacial score (nSPS) is 26.5. The summed E-state index contributed by atoms with van der Waals surface area (Å²) < 4.78 is 5.42. The van der Waals surface area contributed by atoms with E-state index in [1.165, 1.54) is 10.7 Å². The summed E-state index contributed by atoms with van der Waals surface area (Å²) in [5, 5.41) is 6.85. The van der Waals surface area contributed by atoms with E-state index in [1.54, 1.807) is 11.3 Å². The maximum Gasteiger partial charge on any atom is 0.107 e. The average molecular weight is 253 g/mol. The number of ether oxygens (including phenoxy) is 1. The molecule has 4 nitrogen and oxygen atoms in total. The summed E-state index contributed by atoms with van der Waals surface area (Å²) >= 11 is 1.80. The molecule has 1 N–H and O–H groups in total. The molecule has 2 saturated heterocycles. The molecule has 17 heavy (non-hydrogen) atoms. The van der Waals surface area contributed by atoms with E-state index < -0.39 is 0 Å². The van der Waals surface area contributed by atoms with Crippen molar-refractivity contribution in [2.24, 2.45) is 0 Å². The smallest absolute Gasteiger partial charge is 0.107 e. The van der Waals surface area contributed by atoms with E-state index in [1.807, 2.05) is 0 Å². The standard InChI is InChI=1S/C12H19N3OS/c1-6-16-8-10(1)11-9-17-12(14-11)7-15-4-2-13-3-5-15/h9-10,13H,1-8H2. The molecule has 0 aromatic carbocycles. The maximum absolute atomic E-state index is 5.42. The first-order chi connectivity index (χ1) is 8.42. The van der Waals surface area contributed by atoms with Crippen molar-refractivity contribution in [3.63, 3.8) is 0 Å². The van der Waals surface area contributed by atoms with E-state index in [-0.39, 0.29) is 0 Å². The van der Waals surface area contributed by atoms with Crippen LogP contribution in [-0.4, -0.2) is 49.3 Å². The number of hydrogen-bond donors (Lipinski definition) is 1. The van der Waals surface area contributed by atoms with Crippen LogP contribution in [0.25, 0.3) is 0 Å². The van der Waals surface area contributed by atoms with Gasteiger partial charge in [0.1, 0.15) is 5.01 Å². The fourth-order valence-corrected chi connectivity index (χ4v) is 3.33. The van der Waals surface area contributed by atoms with Crippen LogP contribution in [0.3, 0.4) is 0 Å². The third kappa shape index (κ3) is 2.85. The number of rotatable bonds is 3. The number of thiazole rings is 1. The molecular weight excluding hydrogens is 234 g/mol. The van der Waals surface area contributed by atoms with Crippen LogP contribution in [0.5, 0.6) is 0 Å². The first-order valence-corrected chi connectivity index (χ1v) is 7.25. The summed E-state index contributed by atoms with van der Waals surface area (Å²) in [5.74, 6) is 0.544. The summed E-state index contributed by atoms with van der Waals surface area (Å²) in [6.07, 6.45) is 1.14. The SMILES string of the molecule is c1sc(CN2CCNCC2)nc1C1CCOC1. The number of piperazine rings is 1. The van der Waals surface area contributed by atoms with Gasteiger partial charge in [0.25, 0.3) is 0 Å². The largest absolute Gasteiger partial charge is 0.381 e. The summed E-state index contributed by atoms with van der Waals surface area (Å²) in [4.78, 5) is 7.24. The zero-order valence-corrected chi connectivity index (χ0v) is 10.8. The highest BCUT2D eigenvalue weighted by Crippen LogP contribution is 2.26. The Hall–Kier alpha value is -0.490. The van der Waals surface area contributed by atoms with Crippen LogP contribution in [-0.2, 0) is 11.3 Å².